The minimum Gasteiger partial charge on any atom is -0.323 e. The van der Waals surface area contributed by atoms with E-state index >= 15 is 0 Å². The Bertz CT molecular complexity index is 1010. The lowest BCUT2D eigenvalue weighted by Gasteiger charge is -2.09. The van der Waals surface area contributed by atoms with Gasteiger partial charge in [-0.1, -0.05) is 17.7 Å². The number of amides is 1. The van der Waals surface area contributed by atoms with E-state index in [0.29, 0.717) is 20.9 Å². The van der Waals surface area contributed by atoms with Crippen LogP contribution in [0.3, 0.4) is 0 Å². The van der Waals surface area contributed by atoms with Crippen LogP contribution in [0.1, 0.15) is 16.0 Å². The highest BCUT2D eigenvalue weighted by molar-refractivity contribution is 7.18. The minimum absolute atomic E-state index is 0.111. The summed E-state index contributed by atoms with van der Waals surface area (Å²) in [6.07, 6.45) is 1.41. The molecule has 0 saturated heterocycles. The number of fused-ring (bicyclic) bond motifs is 1. The quantitative estimate of drug-likeness (QED) is 0.774. The fourth-order valence-electron chi connectivity index (χ4n) is 2.45. The summed E-state index contributed by atoms with van der Waals surface area (Å²) in [6, 6.07) is 5.37. The molecule has 2 heterocycles. The Kier molecular flexibility index (Phi) is 4.43. The van der Waals surface area contributed by atoms with E-state index in [4.69, 9.17) is 11.6 Å². The van der Waals surface area contributed by atoms with Crippen molar-refractivity contribution in [2.75, 3.05) is 5.32 Å². The largest absolute Gasteiger partial charge is 0.323 e. The molecule has 0 aliphatic heterocycles. The van der Waals surface area contributed by atoms with Crippen LogP contribution in [0.2, 0.25) is 5.02 Å². The second kappa shape index (κ2) is 6.37. The van der Waals surface area contributed by atoms with E-state index in [1.54, 1.807) is 12.1 Å². The van der Waals surface area contributed by atoms with Gasteiger partial charge in [-0.05, 0) is 44.0 Å². The molecule has 0 unspecified atom stereocenters. The van der Waals surface area contributed by atoms with Gasteiger partial charge < -0.3 is 5.32 Å². The van der Waals surface area contributed by atoms with Crippen molar-refractivity contribution >= 4 is 44.7 Å². The van der Waals surface area contributed by atoms with Crippen LogP contribution in [0.4, 0.5) is 5.69 Å². The van der Waals surface area contributed by atoms with Gasteiger partial charge in [0.25, 0.3) is 5.56 Å². The monoisotopic (exact) mass is 361 g/mol. The van der Waals surface area contributed by atoms with Gasteiger partial charge in [-0.3, -0.25) is 14.2 Å². The van der Waals surface area contributed by atoms with Crippen LogP contribution in [0, 0.1) is 20.8 Å². The second-order valence-corrected chi connectivity index (χ2v) is 7.28. The van der Waals surface area contributed by atoms with Crippen molar-refractivity contribution < 1.29 is 4.79 Å². The van der Waals surface area contributed by atoms with Crippen molar-refractivity contribution in [2.45, 2.75) is 27.3 Å². The third kappa shape index (κ3) is 3.07. The number of carbonyl (C=O) groups excluding carboxylic acids is 1. The number of halogens is 1. The van der Waals surface area contributed by atoms with E-state index in [1.807, 2.05) is 26.8 Å². The molecule has 1 N–H and O–H groups in total. The maximum atomic E-state index is 12.6. The van der Waals surface area contributed by atoms with Gasteiger partial charge >= 0.3 is 0 Å². The summed E-state index contributed by atoms with van der Waals surface area (Å²) in [7, 11) is 0. The molecule has 124 valence electrons. The van der Waals surface area contributed by atoms with Crippen molar-refractivity contribution in [3.63, 3.8) is 0 Å². The number of anilines is 1. The summed E-state index contributed by atoms with van der Waals surface area (Å²) >= 11 is 7.60. The van der Waals surface area contributed by atoms with Crippen LogP contribution < -0.4 is 10.9 Å². The molecule has 1 aromatic carbocycles. The summed E-state index contributed by atoms with van der Waals surface area (Å²) < 4.78 is 1.32. The SMILES string of the molecule is Cc1ccc(NC(=O)Cn2cnc3sc(C)c(C)c3c2=O)c(Cl)c1. The van der Waals surface area contributed by atoms with Gasteiger partial charge in [-0.15, -0.1) is 11.3 Å². The van der Waals surface area contributed by atoms with Crippen LogP contribution in [-0.4, -0.2) is 15.5 Å². The number of benzene rings is 1. The molecule has 3 aromatic rings. The number of carbonyl (C=O) groups is 1. The third-order valence-electron chi connectivity index (χ3n) is 3.87. The van der Waals surface area contributed by atoms with Gasteiger partial charge in [0.2, 0.25) is 5.91 Å². The molecule has 2 aromatic heterocycles. The lowest BCUT2D eigenvalue weighted by Crippen LogP contribution is -2.28. The summed E-state index contributed by atoms with van der Waals surface area (Å²) in [5, 5.41) is 3.78. The molecule has 0 spiro atoms. The Morgan fingerprint density at radius 3 is 2.79 bits per heavy atom. The molecular formula is C17H16ClN3O2S. The molecule has 0 aliphatic carbocycles. The molecule has 7 heteroatoms. The van der Waals surface area contributed by atoms with E-state index in [0.717, 1.165) is 16.0 Å². The molecule has 0 saturated carbocycles. The normalized spacial score (nSPS) is 11.0. The van der Waals surface area contributed by atoms with Crippen LogP contribution in [-0.2, 0) is 11.3 Å². The molecule has 1 amide bonds. The van der Waals surface area contributed by atoms with Gasteiger partial charge in [-0.2, -0.15) is 0 Å². The van der Waals surface area contributed by atoms with Crippen molar-refractivity contribution in [3.05, 3.63) is 55.9 Å². The number of nitrogens with zero attached hydrogens (tertiary/aromatic N) is 2. The highest BCUT2D eigenvalue weighted by atomic mass is 35.5. The maximum Gasteiger partial charge on any atom is 0.262 e. The molecule has 0 radical (unpaired) electrons. The zero-order valence-electron chi connectivity index (χ0n) is 13.5. The summed E-state index contributed by atoms with van der Waals surface area (Å²) in [4.78, 5) is 30.9. The van der Waals surface area contributed by atoms with E-state index in [9.17, 15) is 9.59 Å². The molecule has 0 aliphatic rings. The first kappa shape index (κ1) is 16.7. The molecule has 3 rings (SSSR count). The smallest absolute Gasteiger partial charge is 0.262 e. The minimum atomic E-state index is -0.325. The zero-order chi connectivity index (χ0) is 17.4. The van der Waals surface area contributed by atoms with Crippen LogP contribution >= 0.6 is 22.9 Å². The third-order valence-corrected chi connectivity index (χ3v) is 5.30. The fourth-order valence-corrected chi connectivity index (χ4v) is 3.72. The predicted molar refractivity (Wildman–Crippen MR) is 98.2 cm³/mol. The van der Waals surface area contributed by atoms with Crippen LogP contribution in [0.15, 0.2) is 29.3 Å². The Hall–Kier alpha value is -2.18. The molecule has 0 atom stereocenters. The highest BCUT2D eigenvalue weighted by Gasteiger charge is 2.14. The average Bonchev–Trinajstić information content (AvgIpc) is 2.81. The number of hydrogen-bond acceptors (Lipinski definition) is 4. The topological polar surface area (TPSA) is 64.0 Å². The van der Waals surface area contributed by atoms with E-state index in [-0.39, 0.29) is 18.0 Å². The predicted octanol–water partition coefficient (Wildman–Crippen LogP) is 3.68. The van der Waals surface area contributed by atoms with Gasteiger partial charge in [0.1, 0.15) is 11.4 Å². The van der Waals surface area contributed by atoms with E-state index in [2.05, 4.69) is 10.3 Å². The molecule has 24 heavy (non-hydrogen) atoms. The lowest BCUT2D eigenvalue weighted by molar-refractivity contribution is -0.116. The lowest BCUT2D eigenvalue weighted by atomic mass is 10.2. The van der Waals surface area contributed by atoms with Crippen molar-refractivity contribution in [1.29, 1.82) is 0 Å². The summed E-state index contributed by atoms with van der Waals surface area (Å²) in [5.41, 5.74) is 2.25. The molecule has 0 bridgehead atoms. The number of nitrogens with one attached hydrogen (secondary N) is 1. The van der Waals surface area contributed by atoms with Crippen LogP contribution in [0.5, 0.6) is 0 Å². The summed E-state index contributed by atoms with van der Waals surface area (Å²) in [6.45, 7) is 5.66. The van der Waals surface area contributed by atoms with Crippen molar-refractivity contribution in [3.8, 4) is 0 Å². The second-order valence-electron chi connectivity index (χ2n) is 5.67. The molecular weight excluding hydrogens is 346 g/mol. The Morgan fingerprint density at radius 1 is 1.33 bits per heavy atom. The Morgan fingerprint density at radius 2 is 2.08 bits per heavy atom. The zero-order valence-corrected chi connectivity index (χ0v) is 15.1. The van der Waals surface area contributed by atoms with E-state index in [1.165, 1.54) is 22.2 Å². The van der Waals surface area contributed by atoms with Crippen molar-refractivity contribution in [2.24, 2.45) is 0 Å². The number of thiophene rings is 1. The number of aromatic nitrogens is 2. The van der Waals surface area contributed by atoms with Gasteiger partial charge in [0.05, 0.1) is 22.4 Å². The first-order valence-corrected chi connectivity index (χ1v) is 8.57. The highest BCUT2D eigenvalue weighted by Crippen LogP contribution is 2.25. The maximum absolute atomic E-state index is 12.6. The first-order chi connectivity index (χ1) is 11.4. The van der Waals surface area contributed by atoms with Gasteiger partial charge in [0.15, 0.2) is 0 Å². The fraction of sp³-hybridized carbons (Fsp3) is 0.235. The Labute approximate surface area is 147 Å². The standard InChI is InChI=1S/C17H16ClN3O2S/c1-9-4-5-13(12(18)6-9)20-14(22)7-21-8-19-16-15(17(21)23)10(2)11(3)24-16/h4-6,8H,7H2,1-3H3,(H,20,22). The molecule has 0 fully saturated rings. The number of hydrogen-bond donors (Lipinski definition) is 1. The van der Waals surface area contributed by atoms with Crippen LogP contribution in [0.25, 0.3) is 10.2 Å². The number of aryl methyl sites for hydroxylation is 3. The summed E-state index contributed by atoms with van der Waals surface area (Å²) in [5.74, 6) is -0.325. The number of rotatable bonds is 3. The Balaban J connectivity index is 1.87. The van der Waals surface area contributed by atoms with Crippen molar-refractivity contribution in [1.82, 2.24) is 9.55 Å². The van der Waals surface area contributed by atoms with E-state index < -0.39 is 0 Å². The van der Waals surface area contributed by atoms with Gasteiger partial charge in [0, 0.05) is 4.88 Å². The first-order valence-electron chi connectivity index (χ1n) is 7.38. The average molecular weight is 362 g/mol. The van der Waals surface area contributed by atoms with Gasteiger partial charge in [-0.25, -0.2) is 4.98 Å². The molecule has 5 nitrogen and oxygen atoms in total.